The average Bonchev–Trinajstić information content (AvgIpc) is 3.29. The van der Waals surface area contributed by atoms with E-state index in [2.05, 4.69) is 10.1 Å². The van der Waals surface area contributed by atoms with E-state index in [0.717, 1.165) is 15.8 Å². The number of pyridine rings is 1. The lowest BCUT2D eigenvalue weighted by molar-refractivity contribution is -0.279. The van der Waals surface area contributed by atoms with Crippen LogP contribution in [0.2, 0.25) is 0 Å². The first kappa shape index (κ1) is 17.6. The molecule has 29 heavy (non-hydrogen) atoms. The van der Waals surface area contributed by atoms with Gasteiger partial charge in [-0.3, -0.25) is 4.79 Å². The summed E-state index contributed by atoms with van der Waals surface area (Å²) in [5.74, 6) is -0.153. The first-order valence-corrected chi connectivity index (χ1v) is 10.1. The van der Waals surface area contributed by atoms with E-state index in [4.69, 9.17) is 0 Å². The molecule has 2 aromatic carbocycles. The molecule has 0 saturated carbocycles. The summed E-state index contributed by atoms with van der Waals surface area (Å²) in [6.45, 7) is 2.32. The van der Waals surface area contributed by atoms with Crippen molar-refractivity contribution in [3.63, 3.8) is 0 Å². The summed E-state index contributed by atoms with van der Waals surface area (Å²) in [5.41, 5.74) is 3.24. The number of aromatic nitrogens is 4. The van der Waals surface area contributed by atoms with E-state index in [1.165, 1.54) is 22.1 Å². The average molecular weight is 401 g/mol. The van der Waals surface area contributed by atoms with Crippen molar-refractivity contribution in [1.29, 1.82) is 0 Å². The largest absolute Gasteiger partial charge is 0.860 e. The van der Waals surface area contributed by atoms with Gasteiger partial charge in [0.05, 0.1) is 21.5 Å². The summed E-state index contributed by atoms with van der Waals surface area (Å²) in [7, 11) is 0. The maximum atomic E-state index is 13.1. The van der Waals surface area contributed by atoms with Gasteiger partial charge in [0, 0.05) is 12.2 Å². The highest BCUT2D eigenvalue weighted by molar-refractivity contribution is 7.20. The number of aryl methyl sites for hydroxylation is 1. The smallest absolute Gasteiger partial charge is 0.284 e. The van der Waals surface area contributed by atoms with E-state index in [9.17, 15) is 9.90 Å². The molecule has 0 N–H and O–H groups in total. The van der Waals surface area contributed by atoms with Crippen LogP contribution in [0.25, 0.3) is 26.6 Å². The molecule has 1 aromatic heterocycles. The minimum absolute atomic E-state index is 0.153. The molecule has 144 valence electrons. The summed E-state index contributed by atoms with van der Waals surface area (Å²) in [6.07, 6.45) is 0.716. The van der Waals surface area contributed by atoms with Crippen molar-refractivity contribution in [3.8, 4) is 22.3 Å². The molecule has 0 saturated heterocycles. The molecular weight excluding hydrogens is 384 g/mol. The lowest BCUT2D eigenvalue weighted by Crippen LogP contribution is -2.18. The van der Waals surface area contributed by atoms with Crippen molar-refractivity contribution in [2.24, 2.45) is 0 Å². The van der Waals surface area contributed by atoms with Crippen molar-refractivity contribution < 1.29 is 5.11 Å². The zero-order chi connectivity index (χ0) is 20.0. The zero-order valence-corrected chi connectivity index (χ0v) is 16.5. The van der Waals surface area contributed by atoms with Crippen LogP contribution in [0.1, 0.15) is 11.3 Å². The molecule has 0 spiro atoms. The third kappa shape index (κ3) is 3.00. The highest BCUT2D eigenvalue weighted by Crippen LogP contribution is 2.28. The minimum Gasteiger partial charge on any atom is -0.860 e. The van der Waals surface area contributed by atoms with Crippen molar-refractivity contribution >= 4 is 21.6 Å². The van der Waals surface area contributed by atoms with E-state index in [0.29, 0.717) is 35.0 Å². The van der Waals surface area contributed by atoms with E-state index in [1.54, 1.807) is 11.5 Å². The van der Waals surface area contributed by atoms with Gasteiger partial charge in [0.15, 0.2) is 0 Å². The fraction of sp³-hybridized carbons (Fsp3) is 0.136. The Morgan fingerprint density at radius 1 is 1.07 bits per heavy atom. The summed E-state index contributed by atoms with van der Waals surface area (Å²) < 4.78 is 3.95. The number of rotatable bonds is 4. The van der Waals surface area contributed by atoms with Gasteiger partial charge in [0.25, 0.3) is 5.56 Å². The van der Waals surface area contributed by atoms with Crippen molar-refractivity contribution in [2.75, 3.05) is 0 Å². The monoisotopic (exact) mass is 401 g/mol. The standard InChI is InChI=1S/C22H18N4O2S/c1-14-20-17(13-19(27)25(14)12-11-15-7-3-2-4-8-15)24-26(21(20)28)22-23-16-9-5-6-10-18(16)29-22/h2-10,13,27H,11-12H2,1H3/p-1. The van der Waals surface area contributed by atoms with Crippen molar-refractivity contribution in [1.82, 2.24) is 19.3 Å². The molecule has 5 rings (SSSR count). The highest BCUT2D eigenvalue weighted by atomic mass is 32.1. The molecule has 0 radical (unpaired) electrons. The Balaban J connectivity index is 1.59. The van der Waals surface area contributed by atoms with Gasteiger partial charge < -0.3 is 9.67 Å². The maximum Gasteiger partial charge on any atom is 0.284 e. The molecule has 2 aliphatic rings. The zero-order valence-electron chi connectivity index (χ0n) is 15.7. The molecule has 0 amide bonds. The van der Waals surface area contributed by atoms with Crippen LogP contribution < -0.4 is 10.7 Å². The highest BCUT2D eigenvalue weighted by Gasteiger charge is 2.22. The summed E-state index contributed by atoms with van der Waals surface area (Å²) >= 11 is 1.41. The van der Waals surface area contributed by atoms with Gasteiger partial charge in [0.1, 0.15) is 0 Å². The predicted molar refractivity (Wildman–Crippen MR) is 112 cm³/mol. The third-order valence-corrected chi connectivity index (χ3v) is 6.11. The molecule has 6 nitrogen and oxygen atoms in total. The Bertz CT molecular complexity index is 1320. The van der Waals surface area contributed by atoms with Gasteiger partial charge >= 0.3 is 0 Å². The van der Waals surface area contributed by atoms with Crippen LogP contribution in [0.3, 0.4) is 0 Å². The normalized spacial score (nSPS) is 11.5. The second kappa shape index (κ2) is 6.86. The Morgan fingerprint density at radius 2 is 1.83 bits per heavy atom. The molecule has 2 aliphatic heterocycles. The first-order valence-electron chi connectivity index (χ1n) is 9.32. The number of fused-ring (bicyclic) bond motifs is 2. The summed E-state index contributed by atoms with van der Waals surface area (Å²) in [5, 5.41) is 17.6. The van der Waals surface area contributed by atoms with Gasteiger partial charge in [-0.15, -0.1) is 0 Å². The number of nitrogens with zero attached hydrogens (tertiary/aromatic N) is 4. The van der Waals surface area contributed by atoms with Gasteiger partial charge in [-0.05, 0) is 43.0 Å². The van der Waals surface area contributed by atoms with Crippen molar-refractivity contribution in [3.05, 3.63) is 82.3 Å². The molecule has 3 aromatic rings. The number of thiazole rings is 1. The minimum atomic E-state index is -0.245. The molecule has 7 heteroatoms. The summed E-state index contributed by atoms with van der Waals surface area (Å²) in [4.78, 5) is 17.6. The fourth-order valence-corrected chi connectivity index (χ4v) is 4.51. The Hall–Kier alpha value is -3.45. The lowest BCUT2D eigenvalue weighted by Gasteiger charge is -2.22. The van der Waals surface area contributed by atoms with Crippen molar-refractivity contribution in [2.45, 2.75) is 19.9 Å². The SMILES string of the molecule is Cc1c2c(=O)n(-c3nc4ccccc4s3)nc-2cc([O-])n1CCc1ccccc1. The second-order valence-corrected chi connectivity index (χ2v) is 7.91. The Labute approximate surface area is 170 Å². The predicted octanol–water partition coefficient (Wildman–Crippen LogP) is 3.37. The van der Waals surface area contributed by atoms with Gasteiger partial charge in [-0.2, -0.15) is 9.78 Å². The molecule has 0 atom stereocenters. The van der Waals surface area contributed by atoms with Crippen LogP contribution in [-0.2, 0) is 13.0 Å². The first-order chi connectivity index (χ1) is 14.1. The number of benzene rings is 2. The number of hydrogen-bond acceptors (Lipinski definition) is 5. The summed E-state index contributed by atoms with van der Waals surface area (Å²) in [6, 6.07) is 19.1. The van der Waals surface area contributed by atoms with Crippen LogP contribution in [0, 0.1) is 6.92 Å². The van der Waals surface area contributed by atoms with Crippen LogP contribution in [-0.4, -0.2) is 19.3 Å². The van der Waals surface area contributed by atoms with Crippen LogP contribution in [0.4, 0.5) is 0 Å². The van der Waals surface area contributed by atoms with E-state index >= 15 is 0 Å². The Morgan fingerprint density at radius 3 is 2.62 bits per heavy atom. The molecule has 3 heterocycles. The van der Waals surface area contributed by atoms with E-state index in [1.807, 2.05) is 54.6 Å². The number of hydrogen-bond donors (Lipinski definition) is 0. The fourth-order valence-electron chi connectivity index (χ4n) is 3.60. The molecule has 0 fully saturated rings. The van der Waals surface area contributed by atoms with Gasteiger partial charge in [-0.1, -0.05) is 53.8 Å². The van der Waals surface area contributed by atoms with Crippen LogP contribution in [0.5, 0.6) is 5.88 Å². The Kier molecular flexibility index (Phi) is 4.17. The third-order valence-electron chi connectivity index (χ3n) is 5.09. The van der Waals surface area contributed by atoms with E-state index in [-0.39, 0.29) is 11.4 Å². The molecule has 0 aliphatic carbocycles. The topological polar surface area (TPSA) is 75.8 Å². The van der Waals surface area contributed by atoms with Crippen LogP contribution in [0.15, 0.2) is 65.5 Å². The van der Waals surface area contributed by atoms with Crippen LogP contribution >= 0.6 is 11.3 Å². The molecular formula is C22H17N4O2S-. The lowest BCUT2D eigenvalue weighted by atomic mass is 10.1. The molecule has 0 unspecified atom stereocenters. The van der Waals surface area contributed by atoms with E-state index < -0.39 is 0 Å². The quantitative estimate of drug-likeness (QED) is 0.463. The number of para-hydroxylation sites is 1. The maximum absolute atomic E-state index is 13.1. The van der Waals surface area contributed by atoms with Gasteiger partial charge in [-0.25, -0.2) is 4.98 Å². The van der Waals surface area contributed by atoms with Gasteiger partial charge in [0.2, 0.25) is 5.13 Å². The molecule has 0 bridgehead atoms. The second-order valence-electron chi connectivity index (χ2n) is 6.90.